The van der Waals surface area contributed by atoms with Gasteiger partial charge in [0.25, 0.3) is 0 Å². The van der Waals surface area contributed by atoms with Gasteiger partial charge in [0, 0.05) is 17.0 Å². The molecule has 2 atom stereocenters. The van der Waals surface area contributed by atoms with Crippen LogP contribution >= 0.6 is 11.3 Å². The van der Waals surface area contributed by atoms with Crippen LogP contribution in [0.2, 0.25) is 0 Å². The molecule has 0 aliphatic carbocycles. The molecule has 2 rings (SSSR count). The number of thiophene rings is 1. The monoisotopic (exact) mass is 259 g/mol. The van der Waals surface area contributed by atoms with Crippen molar-refractivity contribution in [2.75, 3.05) is 0 Å². The fraction of sp³-hybridized carbons (Fsp3) is 0.375. The predicted molar refractivity (Wildman–Crippen MR) is 80.1 cm³/mol. The molecule has 1 aromatic heterocycles. The van der Waals surface area contributed by atoms with Crippen molar-refractivity contribution in [2.45, 2.75) is 39.3 Å². The topological polar surface area (TPSA) is 12.0 Å². The highest BCUT2D eigenvalue weighted by molar-refractivity contribution is 7.10. The zero-order valence-electron chi connectivity index (χ0n) is 11.3. The molecule has 1 heterocycles. The van der Waals surface area contributed by atoms with Gasteiger partial charge >= 0.3 is 0 Å². The summed E-state index contributed by atoms with van der Waals surface area (Å²) in [5.74, 6) is 0. The minimum Gasteiger partial charge on any atom is -0.303 e. The lowest BCUT2D eigenvalue weighted by Crippen LogP contribution is -2.21. The minimum absolute atomic E-state index is 0.382. The van der Waals surface area contributed by atoms with Crippen LogP contribution in [0, 0.1) is 0 Å². The molecule has 0 saturated heterocycles. The first-order valence-corrected chi connectivity index (χ1v) is 7.47. The standard InChI is InChI=1S/C16H21NS/c1-4-14-7-9-15(10-8-14)12(2)17-13(3)16-6-5-11-18-16/h5-13,17H,4H2,1-3H3/t12?,13-/m1/s1. The Morgan fingerprint density at radius 1 is 1.06 bits per heavy atom. The third kappa shape index (κ3) is 3.21. The molecule has 0 spiro atoms. The second-order valence-electron chi connectivity index (χ2n) is 4.72. The molecule has 1 N–H and O–H groups in total. The van der Waals surface area contributed by atoms with Gasteiger partial charge in [0.05, 0.1) is 0 Å². The summed E-state index contributed by atoms with van der Waals surface area (Å²) in [5, 5.41) is 5.78. The average Bonchev–Trinajstić information content (AvgIpc) is 2.92. The first-order valence-electron chi connectivity index (χ1n) is 6.59. The second-order valence-corrected chi connectivity index (χ2v) is 5.70. The van der Waals surface area contributed by atoms with Crippen molar-refractivity contribution in [1.82, 2.24) is 5.32 Å². The van der Waals surface area contributed by atoms with E-state index >= 15 is 0 Å². The molecule has 0 amide bonds. The maximum atomic E-state index is 3.65. The van der Waals surface area contributed by atoms with Crippen LogP contribution in [0.4, 0.5) is 0 Å². The zero-order valence-corrected chi connectivity index (χ0v) is 12.1. The highest BCUT2D eigenvalue weighted by atomic mass is 32.1. The lowest BCUT2D eigenvalue weighted by atomic mass is 10.0. The van der Waals surface area contributed by atoms with Gasteiger partial charge < -0.3 is 5.32 Å². The van der Waals surface area contributed by atoms with E-state index in [0.29, 0.717) is 12.1 Å². The molecule has 0 aliphatic rings. The van der Waals surface area contributed by atoms with Crippen molar-refractivity contribution in [3.8, 4) is 0 Å². The van der Waals surface area contributed by atoms with Crippen LogP contribution in [0.15, 0.2) is 41.8 Å². The number of benzene rings is 1. The fourth-order valence-corrected chi connectivity index (χ4v) is 2.88. The van der Waals surface area contributed by atoms with Gasteiger partial charge in [0.2, 0.25) is 0 Å². The molecule has 96 valence electrons. The molecule has 2 aromatic rings. The maximum Gasteiger partial charge on any atom is 0.0391 e. The van der Waals surface area contributed by atoms with E-state index in [0.717, 1.165) is 6.42 Å². The molecule has 0 bridgehead atoms. The molecule has 1 nitrogen and oxygen atoms in total. The van der Waals surface area contributed by atoms with E-state index in [1.807, 2.05) is 11.3 Å². The molecular weight excluding hydrogens is 238 g/mol. The summed E-state index contributed by atoms with van der Waals surface area (Å²) in [5.41, 5.74) is 2.76. The van der Waals surface area contributed by atoms with E-state index in [1.54, 1.807) is 0 Å². The van der Waals surface area contributed by atoms with Gasteiger partial charge in [-0.2, -0.15) is 0 Å². The third-order valence-electron chi connectivity index (χ3n) is 3.36. The van der Waals surface area contributed by atoms with Gasteiger partial charge in [0.15, 0.2) is 0 Å². The molecule has 0 aliphatic heterocycles. The summed E-state index contributed by atoms with van der Waals surface area (Å²) in [4.78, 5) is 1.40. The lowest BCUT2D eigenvalue weighted by molar-refractivity contribution is 0.500. The Morgan fingerprint density at radius 3 is 2.33 bits per heavy atom. The Balaban J connectivity index is 2.00. The predicted octanol–water partition coefficient (Wildman–Crippen LogP) is 4.72. The molecule has 0 radical (unpaired) electrons. The summed E-state index contributed by atoms with van der Waals surface area (Å²) < 4.78 is 0. The smallest absolute Gasteiger partial charge is 0.0391 e. The van der Waals surface area contributed by atoms with Crippen LogP contribution in [0.1, 0.15) is 48.9 Å². The maximum absolute atomic E-state index is 3.65. The Morgan fingerprint density at radius 2 is 1.78 bits per heavy atom. The van der Waals surface area contributed by atoms with Crippen LogP contribution in [0.5, 0.6) is 0 Å². The summed E-state index contributed by atoms with van der Waals surface area (Å²) in [6.07, 6.45) is 1.10. The molecule has 2 heteroatoms. The van der Waals surface area contributed by atoms with Crippen molar-refractivity contribution in [3.63, 3.8) is 0 Å². The molecule has 18 heavy (non-hydrogen) atoms. The summed E-state index contributed by atoms with van der Waals surface area (Å²) in [6, 6.07) is 14.0. The highest BCUT2D eigenvalue weighted by Gasteiger charge is 2.11. The van der Waals surface area contributed by atoms with Crippen LogP contribution < -0.4 is 5.32 Å². The number of hydrogen-bond donors (Lipinski definition) is 1. The number of rotatable bonds is 5. The van der Waals surface area contributed by atoms with Gasteiger partial charge in [0.1, 0.15) is 0 Å². The molecule has 0 fully saturated rings. The minimum atomic E-state index is 0.382. The summed E-state index contributed by atoms with van der Waals surface area (Å²) >= 11 is 1.81. The van der Waals surface area contributed by atoms with Crippen molar-refractivity contribution in [3.05, 3.63) is 57.8 Å². The number of nitrogens with one attached hydrogen (secondary N) is 1. The van der Waals surface area contributed by atoms with Crippen molar-refractivity contribution >= 4 is 11.3 Å². The van der Waals surface area contributed by atoms with Crippen molar-refractivity contribution in [1.29, 1.82) is 0 Å². The van der Waals surface area contributed by atoms with Crippen LogP contribution in [-0.2, 0) is 6.42 Å². The Bertz CT molecular complexity index is 458. The quantitative estimate of drug-likeness (QED) is 0.819. The van der Waals surface area contributed by atoms with E-state index in [4.69, 9.17) is 0 Å². The van der Waals surface area contributed by atoms with Gasteiger partial charge in [-0.3, -0.25) is 0 Å². The van der Waals surface area contributed by atoms with Crippen molar-refractivity contribution in [2.24, 2.45) is 0 Å². The van der Waals surface area contributed by atoms with Crippen molar-refractivity contribution < 1.29 is 0 Å². The van der Waals surface area contributed by atoms with Gasteiger partial charge in [-0.15, -0.1) is 11.3 Å². The first kappa shape index (κ1) is 13.3. The van der Waals surface area contributed by atoms with E-state index in [2.05, 4.69) is 67.9 Å². The number of hydrogen-bond acceptors (Lipinski definition) is 2. The third-order valence-corrected chi connectivity index (χ3v) is 4.41. The second kappa shape index (κ2) is 6.17. The van der Waals surface area contributed by atoms with E-state index in [-0.39, 0.29) is 0 Å². The molecule has 0 saturated carbocycles. The van der Waals surface area contributed by atoms with Gasteiger partial charge in [-0.05, 0) is 42.8 Å². The Kier molecular flexibility index (Phi) is 4.56. The van der Waals surface area contributed by atoms with Crippen LogP contribution in [-0.4, -0.2) is 0 Å². The largest absolute Gasteiger partial charge is 0.303 e. The Hall–Kier alpha value is -1.12. The average molecular weight is 259 g/mol. The SMILES string of the molecule is CCc1ccc(C(C)N[C@H](C)c2cccs2)cc1. The fourth-order valence-electron chi connectivity index (χ4n) is 2.13. The normalized spacial score (nSPS) is 14.4. The number of aryl methyl sites for hydroxylation is 1. The summed E-state index contributed by atoms with van der Waals surface area (Å²) in [7, 11) is 0. The van der Waals surface area contributed by atoms with E-state index < -0.39 is 0 Å². The Labute approximate surface area is 114 Å². The van der Waals surface area contributed by atoms with E-state index in [1.165, 1.54) is 16.0 Å². The van der Waals surface area contributed by atoms with Gasteiger partial charge in [-0.1, -0.05) is 37.3 Å². The first-order chi connectivity index (χ1) is 8.70. The highest BCUT2D eigenvalue weighted by Crippen LogP contribution is 2.22. The molecule has 1 aromatic carbocycles. The molecule has 1 unspecified atom stereocenters. The lowest BCUT2D eigenvalue weighted by Gasteiger charge is -2.19. The van der Waals surface area contributed by atoms with E-state index in [9.17, 15) is 0 Å². The van der Waals surface area contributed by atoms with Gasteiger partial charge in [-0.25, -0.2) is 0 Å². The summed E-state index contributed by atoms with van der Waals surface area (Å²) in [6.45, 7) is 6.64. The van der Waals surface area contributed by atoms with Crippen LogP contribution in [0.25, 0.3) is 0 Å². The molecular formula is C16H21NS. The zero-order chi connectivity index (χ0) is 13.0. The van der Waals surface area contributed by atoms with Crippen LogP contribution in [0.3, 0.4) is 0 Å².